The molecule has 0 saturated carbocycles. The molecule has 1 amide bonds. The van der Waals surface area contributed by atoms with Crippen LogP contribution in [0.15, 0.2) is 12.3 Å². The molecule has 1 heterocycles. The Bertz CT molecular complexity index is 320. The predicted octanol–water partition coefficient (Wildman–Crippen LogP) is 0.576. The second kappa shape index (κ2) is 5.50. The van der Waals surface area contributed by atoms with E-state index in [1.807, 2.05) is 13.8 Å². The van der Waals surface area contributed by atoms with Crippen LogP contribution < -0.4 is 5.32 Å². The fraction of sp³-hybridized carbons (Fsp3) is 0.600. The zero-order valence-corrected chi connectivity index (χ0v) is 9.10. The van der Waals surface area contributed by atoms with E-state index >= 15 is 0 Å². The van der Waals surface area contributed by atoms with Crippen LogP contribution in [0.2, 0.25) is 0 Å². The molecule has 0 aliphatic heterocycles. The van der Waals surface area contributed by atoms with Gasteiger partial charge in [-0.2, -0.15) is 5.10 Å². The Labute approximate surface area is 89.1 Å². The topological polar surface area (TPSA) is 67.2 Å². The first-order valence-electron chi connectivity index (χ1n) is 5.09. The lowest BCUT2D eigenvalue weighted by Crippen LogP contribution is -2.28. The number of carbonyl (C=O) groups excluding carboxylic acids is 1. The van der Waals surface area contributed by atoms with E-state index in [-0.39, 0.29) is 18.6 Å². The Morgan fingerprint density at radius 3 is 3.00 bits per heavy atom. The Balaban J connectivity index is 2.61. The maximum absolute atomic E-state index is 11.7. The zero-order valence-electron chi connectivity index (χ0n) is 9.10. The van der Waals surface area contributed by atoms with E-state index in [4.69, 9.17) is 5.11 Å². The van der Waals surface area contributed by atoms with E-state index < -0.39 is 0 Å². The standard InChI is InChI=1S/C10H17N3O2/c1-8(2)13-9(4-6-12-13)10(15)11-5-3-7-14/h4,6,8,14H,3,5,7H2,1-2H3,(H,11,15). The van der Waals surface area contributed by atoms with Gasteiger partial charge in [0.1, 0.15) is 5.69 Å². The van der Waals surface area contributed by atoms with Crippen LogP contribution in [-0.4, -0.2) is 33.9 Å². The van der Waals surface area contributed by atoms with E-state index in [1.54, 1.807) is 16.9 Å². The molecule has 1 aromatic rings. The van der Waals surface area contributed by atoms with E-state index in [0.29, 0.717) is 18.7 Å². The van der Waals surface area contributed by atoms with Crippen LogP contribution in [0.5, 0.6) is 0 Å². The van der Waals surface area contributed by atoms with Crippen molar-refractivity contribution in [3.63, 3.8) is 0 Å². The Morgan fingerprint density at radius 2 is 2.40 bits per heavy atom. The van der Waals surface area contributed by atoms with Crippen molar-refractivity contribution in [2.75, 3.05) is 13.2 Å². The predicted molar refractivity (Wildman–Crippen MR) is 56.6 cm³/mol. The maximum Gasteiger partial charge on any atom is 0.269 e. The number of hydrogen-bond donors (Lipinski definition) is 2. The van der Waals surface area contributed by atoms with Gasteiger partial charge in [-0.1, -0.05) is 0 Å². The summed E-state index contributed by atoms with van der Waals surface area (Å²) in [6.45, 7) is 4.51. The summed E-state index contributed by atoms with van der Waals surface area (Å²) in [5.41, 5.74) is 0.558. The first-order chi connectivity index (χ1) is 7.16. The number of rotatable bonds is 5. The highest BCUT2D eigenvalue weighted by atomic mass is 16.3. The molecule has 0 aliphatic carbocycles. The Morgan fingerprint density at radius 1 is 1.67 bits per heavy atom. The molecular weight excluding hydrogens is 194 g/mol. The van der Waals surface area contributed by atoms with E-state index in [1.165, 1.54) is 0 Å². The summed E-state index contributed by atoms with van der Waals surface area (Å²) in [7, 11) is 0. The van der Waals surface area contributed by atoms with Crippen LogP contribution in [0.3, 0.4) is 0 Å². The fourth-order valence-corrected chi connectivity index (χ4v) is 1.28. The molecule has 0 fully saturated rings. The van der Waals surface area contributed by atoms with Gasteiger partial charge in [0, 0.05) is 25.4 Å². The molecule has 5 heteroatoms. The maximum atomic E-state index is 11.7. The highest BCUT2D eigenvalue weighted by Gasteiger charge is 2.12. The average molecular weight is 211 g/mol. The SMILES string of the molecule is CC(C)n1nccc1C(=O)NCCCO. The quantitative estimate of drug-likeness (QED) is 0.700. The first kappa shape index (κ1) is 11.7. The lowest BCUT2D eigenvalue weighted by Gasteiger charge is -2.10. The molecular formula is C10H17N3O2. The van der Waals surface area contributed by atoms with Crippen molar-refractivity contribution in [3.05, 3.63) is 18.0 Å². The fourth-order valence-electron chi connectivity index (χ4n) is 1.28. The van der Waals surface area contributed by atoms with Crippen LogP contribution in [0.1, 0.15) is 36.8 Å². The van der Waals surface area contributed by atoms with Crippen molar-refractivity contribution in [2.45, 2.75) is 26.3 Å². The molecule has 15 heavy (non-hydrogen) atoms. The van der Waals surface area contributed by atoms with Gasteiger partial charge in [0.2, 0.25) is 0 Å². The van der Waals surface area contributed by atoms with Crippen molar-refractivity contribution < 1.29 is 9.90 Å². The number of aromatic nitrogens is 2. The molecule has 0 radical (unpaired) electrons. The van der Waals surface area contributed by atoms with Crippen LogP contribution in [0.4, 0.5) is 0 Å². The van der Waals surface area contributed by atoms with Gasteiger partial charge in [-0.3, -0.25) is 9.48 Å². The second-order valence-corrected chi connectivity index (χ2v) is 3.59. The van der Waals surface area contributed by atoms with Crippen LogP contribution >= 0.6 is 0 Å². The Kier molecular flexibility index (Phi) is 4.30. The monoisotopic (exact) mass is 211 g/mol. The molecule has 1 aromatic heterocycles. The minimum Gasteiger partial charge on any atom is -0.396 e. The summed E-state index contributed by atoms with van der Waals surface area (Å²) in [6.07, 6.45) is 2.18. The highest BCUT2D eigenvalue weighted by Crippen LogP contribution is 2.07. The summed E-state index contributed by atoms with van der Waals surface area (Å²) in [6, 6.07) is 1.85. The number of amides is 1. The normalized spacial score (nSPS) is 10.7. The van der Waals surface area contributed by atoms with Crippen LogP contribution in [-0.2, 0) is 0 Å². The number of aliphatic hydroxyl groups is 1. The highest BCUT2D eigenvalue weighted by molar-refractivity contribution is 5.92. The van der Waals surface area contributed by atoms with E-state index in [0.717, 1.165) is 0 Å². The molecule has 0 aromatic carbocycles. The lowest BCUT2D eigenvalue weighted by molar-refractivity contribution is 0.0938. The Hall–Kier alpha value is -1.36. The van der Waals surface area contributed by atoms with Crippen LogP contribution in [0, 0.1) is 0 Å². The number of nitrogens with zero attached hydrogens (tertiary/aromatic N) is 2. The third-order valence-corrected chi connectivity index (χ3v) is 2.01. The second-order valence-electron chi connectivity index (χ2n) is 3.59. The van der Waals surface area contributed by atoms with Crippen LogP contribution in [0.25, 0.3) is 0 Å². The molecule has 0 aliphatic rings. The van der Waals surface area contributed by atoms with Crippen molar-refractivity contribution in [3.8, 4) is 0 Å². The zero-order chi connectivity index (χ0) is 11.3. The van der Waals surface area contributed by atoms with Gasteiger partial charge in [0.25, 0.3) is 5.91 Å². The van der Waals surface area contributed by atoms with Crippen molar-refractivity contribution in [1.82, 2.24) is 15.1 Å². The molecule has 0 saturated heterocycles. The summed E-state index contributed by atoms with van der Waals surface area (Å²) >= 11 is 0. The minimum atomic E-state index is -0.144. The first-order valence-corrected chi connectivity index (χ1v) is 5.09. The largest absolute Gasteiger partial charge is 0.396 e. The molecule has 1 rings (SSSR count). The third kappa shape index (κ3) is 3.06. The van der Waals surface area contributed by atoms with Gasteiger partial charge in [0.05, 0.1) is 0 Å². The van der Waals surface area contributed by atoms with Gasteiger partial charge in [0.15, 0.2) is 0 Å². The molecule has 0 unspecified atom stereocenters. The number of carbonyl (C=O) groups is 1. The van der Waals surface area contributed by atoms with Gasteiger partial charge < -0.3 is 10.4 Å². The average Bonchev–Trinajstić information content (AvgIpc) is 2.66. The smallest absolute Gasteiger partial charge is 0.269 e. The van der Waals surface area contributed by atoms with Gasteiger partial charge in [-0.15, -0.1) is 0 Å². The summed E-state index contributed by atoms with van der Waals surface area (Å²) < 4.78 is 1.67. The third-order valence-electron chi connectivity index (χ3n) is 2.01. The number of nitrogens with one attached hydrogen (secondary N) is 1. The number of aliphatic hydroxyl groups excluding tert-OH is 1. The molecule has 2 N–H and O–H groups in total. The summed E-state index contributed by atoms with van der Waals surface area (Å²) in [5.74, 6) is -0.144. The van der Waals surface area contributed by atoms with Gasteiger partial charge in [-0.05, 0) is 26.3 Å². The van der Waals surface area contributed by atoms with Crippen molar-refractivity contribution in [1.29, 1.82) is 0 Å². The molecule has 84 valence electrons. The van der Waals surface area contributed by atoms with Crippen molar-refractivity contribution in [2.24, 2.45) is 0 Å². The van der Waals surface area contributed by atoms with Crippen molar-refractivity contribution >= 4 is 5.91 Å². The number of hydrogen-bond acceptors (Lipinski definition) is 3. The van der Waals surface area contributed by atoms with Gasteiger partial charge >= 0.3 is 0 Å². The molecule has 0 atom stereocenters. The molecule has 5 nitrogen and oxygen atoms in total. The lowest BCUT2D eigenvalue weighted by atomic mass is 10.3. The van der Waals surface area contributed by atoms with E-state index in [9.17, 15) is 4.79 Å². The van der Waals surface area contributed by atoms with Gasteiger partial charge in [-0.25, -0.2) is 0 Å². The summed E-state index contributed by atoms with van der Waals surface area (Å²) in [4.78, 5) is 11.7. The summed E-state index contributed by atoms with van der Waals surface area (Å²) in [5, 5.41) is 15.4. The van der Waals surface area contributed by atoms with E-state index in [2.05, 4.69) is 10.4 Å². The molecule has 0 bridgehead atoms. The minimum absolute atomic E-state index is 0.0870. The molecule has 0 spiro atoms.